The van der Waals surface area contributed by atoms with Gasteiger partial charge in [0.1, 0.15) is 6.10 Å². The van der Waals surface area contributed by atoms with Crippen LogP contribution >= 0.6 is 0 Å². The molecular formula is C23H40O4. The molecule has 2 aliphatic rings. The van der Waals surface area contributed by atoms with Crippen molar-refractivity contribution < 1.29 is 19.7 Å². The molecule has 2 aliphatic carbocycles. The van der Waals surface area contributed by atoms with Gasteiger partial charge in [-0.3, -0.25) is 4.79 Å². The molecular weight excluding hydrogens is 340 g/mol. The van der Waals surface area contributed by atoms with Crippen LogP contribution in [0.15, 0.2) is 11.6 Å². The molecule has 1 fully saturated rings. The number of hydrogen-bond acceptors (Lipinski definition) is 4. The number of allylic oxidation sites excluding steroid dienone is 2. The molecule has 156 valence electrons. The van der Waals surface area contributed by atoms with Crippen molar-refractivity contribution in [2.24, 2.45) is 28.6 Å². The Bertz CT molecular complexity index is 534. The Morgan fingerprint density at radius 2 is 1.93 bits per heavy atom. The number of rotatable bonds is 8. The highest BCUT2D eigenvalue weighted by atomic mass is 16.6. The highest BCUT2D eigenvalue weighted by Gasteiger charge is 2.47. The Balaban J connectivity index is 1.98. The molecule has 4 nitrogen and oxygen atoms in total. The second-order valence-corrected chi connectivity index (χ2v) is 9.96. The Labute approximate surface area is 165 Å². The first-order valence-corrected chi connectivity index (χ1v) is 10.8. The molecule has 2 unspecified atom stereocenters. The van der Waals surface area contributed by atoms with Gasteiger partial charge in [0.15, 0.2) is 0 Å². The molecule has 0 heterocycles. The van der Waals surface area contributed by atoms with Gasteiger partial charge in [-0.2, -0.15) is 0 Å². The van der Waals surface area contributed by atoms with Gasteiger partial charge in [-0.1, -0.05) is 46.3 Å². The lowest BCUT2D eigenvalue weighted by Gasteiger charge is -2.53. The molecule has 0 spiro atoms. The predicted octanol–water partition coefficient (Wildman–Crippen LogP) is 4.49. The normalized spacial score (nSPS) is 31.2. The highest BCUT2D eigenvalue weighted by molar-refractivity contribution is 5.69. The Morgan fingerprint density at radius 3 is 2.56 bits per heavy atom. The topological polar surface area (TPSA) is 66.8 Å². The lowest BCUT2D eigenvalue weighted by molar-refractivity contribution is -0.154. The third-order valence-corrected chi connectivity index (χ3v) is 7.48. The van der Waals surface area contributed by atoms with E-state index < -0.39 is 6.10 Å². The number of esters is 1. The molecule has 1 saturated carbocycles. The Kier molecular flexibility index (Phi) is 7.54. The lowest BCUT2D eigenvalue weighted by Crippen LogP contribution is -2.43. The van der Waals surface area contributed by atoms with E-state index >= 15 is 0 Å². The number of aliphatic hydroxyl groups excluding tert-OH is 2. The molecule has 0 aromatic carbocycles. The minimum atomic E-state index is -0.795. The van der Waals surface area contributed by atoms with Gasteiger partial charge in [0.25, 0.3) is 0 Å². The van der Waals surface area contributed by atoms with Crippen LogP contribution in [0.1, 0.15) is 79.6 Å². The molecule has 0 radical (unpaired) electrons. The van der Waals surface area contributed by atoms with Gasteiger partial charge in [-0.15, -0.1) is 0 Å². The standard InChI is InChI=1S/C23H40O4/c1-16(13-21(26)27-18(14-24)15-25)10-12-23(5)17(2)8-9-19-20(23)7-6-11-22(19,3)4/h7,16-19,24-25H,6,8-15H2,1-5H3/t16?,17-,19-,23?/m0/s1. The number of carbonyl (C=O) groups is 1. The van der Waals surface area contributed by atoms with Crippen LogP contribution in [-0.4, -0.2) is 35.5 Å². The summed E-state index contributed by atoms with van der Waals surface area (Å²) in [4.78, 5) is 12.0. The van der Waals surface area contributed by atoms with Crippen LogP contribution in [0.25, 0.3) is 0 Å². The molecule has 4 heteroatoms. The van der Waals surface area contributed by atoms with E-state index in [-0.39, 0.29) is 30.5 Å². The van der Waals surface area contributed by atoms with Crippen LogP contribution in [0, 0.1) is 28.6 Å². The fraction of sp³-hybridized carbons (Fsp3) is 0.870. The summed E-state index contributed by atoms with van der Waals surface area (Å²) in [5, 5.41) is 18.1. The van der Waals surface area contributed by atoms with Crippen LogP contribution in [0.4, 0.5) is 0 Å². The maximum absolute atomic E-state index is 12.0. The van der Waals surface area contributed by atoms with Crippen molar-refractivity contribution in [3.8, 4) is 0 Å². The number of aliphatic hydroxyl groups is 2. The van der Waals surface area contributed by atoms with E-state index in [1.165, 1.54) is 25.7 Å². The Morgan fingerprint density at radius 1 is 1.26 bits per heavy atom. The first-order chi connectivity index (χ1) is 12.6. The summed E-state index contributed by atoms with van der Waals surface area (Å²) in [6.45, 7) is 11.1. The van der Waals surface area contributed by atoms with E-state index in [1.54, 1.807) is 5.57 Å². The van der Waals surface area contributed by atoms with Crippen LogP contribution in [0.5, 0.6) is 0 Å². The largest absolute Gasteiger partial charge is 0.457 e. The predicted molar refractivity (Wildman–Crippen MR) is 108 cm³/mol. The fourth-order valence-corrected chi connectivity index (χ4v) is 5.22. The van der Waals surface area contributed by atoms with E-state index in [1.807, 2.05) is 0 Å². The van der Waals surface area contributed by atoms with Gasteiger partial charge in [0, 0.05) is 6.42 Å². The second-order valence-electron chi connectivity index (χ2n) is 9.96. The minimum absolute atomic E-state index is 0.220. The summed E-state index contributed by atoms with van der Waals surface area (Å²) in [5.41, 5.74) is 2.29. The lowest BCUT2D eigenvalue weighted by atomic mass is 9.52. The van der Waals surface area contributed by atoms with Crippen molar-refractivity contribution in [3.63, 3.8) is 0 Å². The third-order valence-electron chi connectivity index (χ3n) is 7.48. The van der Waals surface area contributed by atoms with E-state index in [0.29, 0.717) is 23.7 Å². The van der Waals surface area contributed by atoms with Crippen LogP contribution in [-0.2, 0) is 9.53 Å². The molecule has 27 heavy (non-hydrogen) atoms. The van der Waals surface area contributed by atoms with Crippen LogP contribution in [0.2, 0.25) is 0 Å². The van der Waals surface area contributed by atoms with E-state index in [0.717, 1.165) is 12.8 Å². The molecule has 2 N–H and O–H groups in total. The van der Waals surface area contributed by atoms with E-state index in [4.69, 9.17) is 14.9 Å². The SMILES string of the molecule is CC(CCC1(C)C2=CCCC(C)(C)[C@H]2CC[C@@H]1C)CC(=O)OC(CO)CO. The summed E-state index contributed by atoms with van der Waals surface area (Å²) in [6, 6.07) is 0. The minimum Gasteiger partial charge on any atom is -0.457 e. The molecule has 0 aliphatic heterocycles. The zero-order valence-corrected chi connectivity index (χ0v) is 18.0. The monoisotopic (exact) mass is 380 g/mol. The van der Waals surface area contributed by atoms with Crippen molar-refractivity contribution in [3.05, 3.63) is 11.6 Å². The van der Waals surface area contributed by atoms with Gasteiger partial charge in [-0.25, -0.2) is 0 Å². The first-order valence-electron chi connectivity index (χ1n) is 10.8. The summed E-state index contributed by atoms with van der Waals surface area (Å²) in [5.74, 6) is 1.27. The summed E-state index contributed by atoms with van der Waals surface area (Å²) < 4.78 is 5.12. The zero-order valence-electron chi connectivity index (χ0n) is 18.0. The van der Waals surface area contributed by atoms with E-state index in [2.05, 4.69) is 40.7 Å². The molecule has 0 bridgehead atoms. The van der Waals surface area contributed by atoms with Gasteiger partial charge in [0.2, 0.25) is 0 Å². The number of hydrogen-bond donors (Lipinski definition) is 2. The van der Waals surface area contributed by atoms with Crippen molar-refractivity contribution in [1.82, 2.24) is 0 Å². The third kappa shape index (κ3) is 5.14. The number of carbonyl (C=O) groups excluding carboxylic acids is 1. The highest BCUT2D eigenvalue weighted by Crippen LogP contribution is 2.58. The smallest absolute Gasteiger partial charge is 0.306 e. The summed E-state index contributed by atoms with van der Waals surface area (Å²) in [7, 11) is 0. The number of fused-ring (bicyclic) bond motifs is 1. The van der Waals surface area contributed by atoms with Gasteiger partial charge < -0.3 is 14.9 Å². The maximum atomic E-state index is 12.0. The average Bonchev–Trinajstić information content (AvgIpc) is 2.61. The van der Waals surface area contributed by atoms with Crippen molar-refractivity contribution in [2.75, 3.05) is 13.2 Å². The zero-order chi connectivity index (χ0) is 20.2. The molecule has 0 saturated heterocycles. The Hall–Kier alpha value is -0.870. The fourth-order valence-electron chi connectivity index (χ4n) is 5.22. The molecule has 0 aromatic rings. The van der Waals surface area contributed by atoms with E-state index in [9.17, 15) is 4.79 Å². The van der Waals surface area contributed by atoms with Crippen molar-refractivity contribution in [1.29, 1.82) is 0 Å². The van der Waals surface area contributed by atoms with Crippen molar-refractivity contribution >= 4 is 5.97 Å². The average molecular weight is 381 g/mol. The maximum Gasteiger partial charge on any atom is 0.306 e. The molecule has 0 aromatic heterocycles. The molecule has 2 rings (SSSR count). The van der Waals surface area contributed by atoms with Crippen molar-refractivity contribution in [2.45, 2.75) is 85.7 Å². The van der Waals surface area contributed by atoms with Crippen LogP contribution < -0.4 is 0 Å². The first kappa shape index (κ1) is 22.4. The summed E-state index contributed by atoms with van der Waals surface area (Å²) in [6.07, 6.45) is 9.22. The van der Waals surface area contributed by atoms with Gasteiger partial charge >= 0.3 is 5.97 Å². The second kappa shape index (κ2) is 9.09. The summed E-state index contributed by atoms with van der Waals surface area (Å²) >= 11 is 0. The quantitative estimate of drug-likeness (QED) is 0.481. The molecule has 4 atom stereocenters. The molecule has 0 amide bonds. The van der Waals surface area contributed by atoms with Crippen LogP contribution in [0.3, 0.4) is 0 Å². The number of ether oxygens (including phenoxy) is 1. The van der Waals surface area contributed by atoms with Gasteiger partial charge in [-0.05, 0) is 67.1 Å². The van der Waals surface area contributed by atoms with Gasteiger partial charge in [0.05, 0.1) is 13.2 Å².